The standard InChI is InChI=1S/C34H41Cl2N3O5S/c1-44-29-16-9-13-26(21-29)24-38(32(22-25-11-5-3-6-12-25)34(41)37-28-14-7-4-8-15-28)33(40)17-10-20-39(45(2,42)43)31-23-27(35)18-19-30(31)36/h3,5-6,9,11-13,16,18-19,21,23,28,32H,4,7-8,10,14-15,17,20,22,24H2,1-2H3,(H,37,41)/t32-/m1/s1. The molecule has 242 valence electrons. The van der Waals surface area contributed by atoms with Gasteiger partial charge in [-0.3, -0.25) is 13.9 Å². The maximum Gasteiger partial charge on any atom is 0.243 e. The van der Waals surface area contributed by atoms with Gasteiger partial charge in [-0.15, -0.1) is 0 Å². The number of carbonyl (C=O) groups excluding carboxylic acids is 2. The molecule has 4 rings (SSSR count). The van der Waals surface area contributed by atoms with E-state index < -0.39 is 16.1 Å². The van der Waals surface area contributed by atoms with Crippen LogP contribution in [0.15, 0.2) is 72.8 Å². The van der Waals surface area contributed by atoms with Gasteiger partial charge in [-0.1, -0.05) is 84.9 Å². The van der Waals surface area contributed by atoms with E-state index in [1.54, 1.807) is 18.1 Å². The third-order valence-electron chi connectivity index (χ3n) is 8.04. The molecule has 0 heterocycles. The van der Waals surface area contributed by atoms with Gasteiger partial charge in [-0.05, 0) is 60.7 Å². The molecule has 1 fully saturated rings. The zero-order chi connectivity index (χ0) is 32.4. The highest BCUT2D eigenvalue weighted by Gasteiger charge is 2.32. The lowest BCUT2D eigenvalue weighted by Crippen LogP contribution is -2.52. The Morgan fingerprint density at radius 2 is 1.67 bits per heavy atom. The van der Waals surface area contributed by atoms with Crippen molar-refractivity contribution in [1.29, 1.82) is 0 Å². The van der Waals surface area contributed by atoms with E-state index in [9.17, 15) is 18.0 Å². The molecule has 0 aliphatic heterocycles. The first-order valence-electron chi connectivity index (χ1n) is 15.2. The van der Waals surface area contributed by atoms with Crippen LogP contribution < -0.4 is 14.4 Å². The van der Waals surface area contributed by atoms with Crippen LogP contribution in [0, 0.1) is 0 Å². The molecule has 3 aromatic carbocycles. The summed E-state index contributed by atoms with van der Waals surface area (Å²) in [5.41, 5.74) is 2.00. The number of amides is 2. The molecule has 0 aromatic heterocycles. The van der Waals surface area contributed by atoms with E-state index in [1.807, 2.05) is 54.6 Å². The molecule has 11 heteroatoms. The van der Waals surface area contributed by atoms with Crippen molar-refractivity contribution in [2.24, 2.45) is 0 Å². The van der Waals surface area contributed by atoms with Crippen LogP contribution in [0.5, 0.6) is 5.75 Å². The lowest BCUT2D eigenvalue weighted by atomic mass is 9.94. The summed E-state index contributed by atoms with van der Waals surface area (Å²) >= 11 is 12.5. The number of carbonyl (C=O) groups is 2. The molecular weight excluding hydrogens is 633 g/mol. The minimum Gasteiger partial charge on any atom is -0.497 e. The molecule has 1 N–H and O–H groups in total. The first-order chi connectivity index (χ1) is 21.5. The van der Waals surface area contributed by atoms with Crippen molar-refractivity contribution < 1.29 is 22.7 Å². The first-order valence-corrected chi connectivity index (χ1v) is 17.8. The van der Waals surface area contributed by atoms with Gasteiger partial charge in [0.25, 0.3) is 0 Å². The number of hydrogen-bond acceptors (Lipinski definition) is 5. The van der Waals surface area contributed by atoms with Gasteiger partial charge >= 0.3 is 0 Å². The number of ether oxygens (including phenoxy) is 1. The Morgan fingerprint density at radius 3 is 2.36 bits per heavy atom. The molecule has 0 spiro atoms. The summed E-state index contributed by atoms with van der Waals surface area (Å²) in [7, 11) is -2.15. The van der Waals surface area contributed by atoms with Gasteiger partial charge < -0.3 is 15.0 Å². The highest BCUT2D eigenvalue weighted by atomic mass is 35.5. The van der Waals surface area contributed by atoms with Gasteiger partial charge in [0.2, 0.25) is 21.8 Å². The Kier molecular flexibility index (Phi) is 12.6. The molecule has 3 aromatic rings. The van der Waals surface area contributed by atoms with E-state index in [-0.39, 0.29) is 54.5 Å². The minimum absolute atomic E-state index is 0.00918. The van der Waals surface area contributed by atoms with Crippen LogP contribution in [-0.4, -0.2) is 57.1 Å². The van der Waals surface area contributed by atoms with Crippen molar-refractivity contribution in [3.05, 3.63) is 94.0 Å². The molecule has 8 nitrogen and oxygen atoms in total. The maximum atomic E-state index is 14.1. The molecule has 45 heavy (non-hydrogen) atoms. The Bertz CT molecular complexity index is 1550. The predicted octanol–water partition coefficient (Wildman–Crippen LogP) is 6.64. The maximum absolute atomic E-state index is 14.1. The number of nitrogens with one attached hydrogen (secondary N) is 1. The lowest BCUT2D eigenvalue weighted by Gasteiger charge is -2.34. The zero-order valence-electron chi connectivity index (χ0n) is 25.8. The van der Waals surface area contributed by atoms with Crippen LogP contribution in [0.25, 0.3) is 0 Å². The number of nitrogens with zero attached hydrogens (tertiary/aromatic N) is 2. The Morgan fingerprint density at radius 1 is 0.956 bits per heavy atom. The van der Waals surface area contributed by atoms with Crippen LogP contribution in [0.3, 0.4) is 0 Å². The SMILES string of the molecule is COc1cccc(CN(C(=O)CCCN(c2cc(Cl)ccc2Cl)S(C)(=O)=O)[C@H](Cc2ccccc2)C(=O)NC2CCCCC2)c1. The third kappa shape index (κ3) is 10.1. The molecule has 0 bridgehead atoms. The van der Waals surface area contributed by atoms with Gasteiger partial charge in [-0.2, -0.15) is 0 Å². The van der Waals surface area contributed by atoms with E-state index >= 15 is 0 Å². The van der Waals surface area contributed by atoms with Crippen molar-refractivity contribution in [3.63, 3.8) is 0 Å². The highest BCUT2D eigenvalue weighted by molar-refractivity contribution is 7.92. The fourth-order valence-corrected chi connectivity index (χ4v) is 7.13. The highest BCUT2D eigenvalue weighted by Crippen LogP contribution is 2.31. The van der Waals surface area contributed by atoms with E-state index in [0.717, 1.165) is 53.8 Å². The molecule has 0 unspecified atom stereocenters. The fraction of sp³-hybridized carbons (Fsp3) is 0.412. The number of methoxy groups -OCH3 is 1. The van der Waals surface area contributed by atoms with E-state index in [1.165, 1.54) is 12.1 Å². The average molecular weight is 675 g/mol. The molecule has 1 aliphatic rings. The summed E-state index contributed by atoms with van der Waals surface area (Å²) in [6, 6.07) is 21.0. The van der Waals surface area contributed by atoms with Crippen LogP contribution >= 0.6 is 23.2 Å². The molecule has 1 atom stereocenters. The molecule has 0 radical (unpaired) electrons. The van der Waals surface area contributed by atoms with Crippen LogP contribution in [-0.2, 0) is 32.6 Å². The van der Waals surface area contributed by atoms with Crippen molar-refractivity contribution in [2.75, 3.05) is 24.2 Å². The smallest absolute Gasteiger partial charge is 0.243 e. The lowest BCUT2D eigenvalue weighted by molar-refractivity contribution is -0.141. The third-order valence-corrected chi connectivity index (χ3v) is 9.77. The predicted molar refractivity (Wildman–Crippen MR) is 180 cm³/mol. The monoisotopic (exact) mass is 673 g/mol. The Labute approximate surface area is 276 Å². The summed E-state index contributed by atoms with van der Waals surface area (Å²) in [5.74, 6) is 0.196. The molecule has 2 amide bonds. The topological polar surface area (TPSA) is 96.0 Å². The van der Waals surface area contributed by atoms with Crippen molar-refractivity contribution in [1.82, 2.24) is 10.2 Å². The molecule has 1 saturated carbocycles. The van der Waals surface area contributed by atoms with Crippen LogP contribution in [0.1, 0.15) is 56.1 Å². The number of rotatable bonds is 14. The van der Waals surface area contributed by atoms with Crippen molar-refractivity contribution in [2.45, 2.75) is 70.0 Å². The summed E-state index contributed by atoms with van der Waals surface area (Å²) in [6.45, 7) is 0.191. The van der Waals surface area contributed by atoms with Gasteiger partial charge in [0.1, 0.15) is 11.8 Å². The number of hydrogen-bond donors (Lipinski definition) is 1. The number of anilines is 1. The van der Waals surface area contributed by atoms with Gasteiger partial charge in [0.15, 0.2) is 0 Å². The minimum atomic E-state index is -3.73. The first kappa shape index (κ1) is 34.6. The largest absolute Gasteiger partial charge is 0.497 e. The van der Waals surface area contributed by atoms with Crippen LogP contribution in [0.2, 0.25) is 10.0 Å². The zero-order valence-corrected chi connectivity index (χ0v) is 28.1. The van der Waals surface area contributed by atoms with Gasteiger partial charge in [-0.25, -0.2) is 8.42 Å². The summed E-state index contributed by atoms with van der Waals surface area (Å²) in [6.07, 6.45) is 6.76. The Balaban J connectivity index is 1.62. The van der Waals surface area contributed by atoms with E-state index in [0.29, 0.717) is 17.2 Å². The van der Waals surface area contributed by atoms with Crippen molar-refractivity contribution >= 4 is 50.7 Å². The van der Waals surface area contributed by atoms with E-state index in [2.05, 4.69) is 5.32 Å². The second-order valence-electron chi connectivity index (χ2n) is 11.5. The molecule has 0 saturated heterocycles. The summed E-state index contributed by atoms with van der Waals surface area (Å²) in [4.78, 5) is 29.7. The molecular formula is C34H41Cl2N3O5S. The number of halogens is 2. The second kappa shape index (κ2) is 16.3. The fourth-order valence-electron chi connectivity index (χ4n) is 5.73. The number of benzene rings is 3. The number of sulfonamides is 1. The van der Waals surface area contributed by atoms with Crippen molar-refractivity contribution in [3.8, 4) is 5.75 Å². The summed E-state index contributed by atoms with van der Waals surface area (Å²) in [5, 5.41) is 3.82. The molecule has 1 aliphatic carbocycles. The average Bonchev–Trinajstić information content (AvgIpc) is 3.02. The normalized spacial score (nSPS) is 14.4. The summed E-state index contributed by atoms with van der Waals surface area (Å²) < 4.78 is 32.1. The van der Waals surface area contributed by atoms with Gasteiger partial charge in [0.05, 0.1) is 24.1 Å². The Hall–Kier alpha value is -3.27. The second-order valence-corrected chi connectivity index (χ2v) is 14.2. The quantitative estimate of drug-likeness (QED) is 0.207. The van der Waals surface area contributed by atoms with Crippen LogP contribution in [0.4, 0.5) is 5.69 Å². The van der Waals surface area contributed by atoms with E-state index in [4.69, 9.17) is 27.9 Å². The van der Waals surface area contributed by atoms with Gasteiger partial charge in [0, 0.05) is 37.0 Å².